The lowest BCUT2D eigenvalue weighted by atomic mass is 10.2. The monoisotopic (exact) mass is 250 g/mol. The fourth-order valence-corrected chi connectivity index (χ4v) is 1.58. The molecule has 18 heavy (non-hydrogen) atoms. The molecule has 0 aliphatic carbocycles. The van der Waals surface area contributed by atoms with Gasteiger partial charge in [-0.15, -0.1) is 0 Å². The van der Waals surface area contributed by atoms with Gasteiger partial charge in [0.05, 0.1) is 0 Å². The molecule has 1 rings (SSSR count). The van der Waals surface area contributed by atoms with Crippen LogP contribution < -0.4 is 10.6 Å². The lowest BCUT2D eigenvalue weighted by molar-refractivity contribution is 0.0958. The number of carbonyl (C=O) groups is 1. The summed E-state index contributed by atoms with van der Waals surface area (Å²) in [4.78, 5) is 17.6. The lowest BCUT2D eigenvalue weighted by Crippen LogP contribution is -2.23. The second-order valence-electron chi connectivity index (χ2n) is 4.65. The summed E-state index contributed by atoms with van der Waals surface area (Å²) in [7, 11) is 5.72. The third-order valence-corrected chi connectivity index (χ3v) is 2.64. The van der Waals surface area contributed by atoms with Gasteiger partial charge in [0.25, 0.3) is 5.91 Å². The van der Waals surface area contributed by atoms with E-state index >= 15 is 0 Å². The Labute approximate surface area is 109 Å². The van der Waals surface area contributed by atoms with E-state index in [-0.39, 0.29) is 5.91 Å². The van der Waals surface area contributed by atoms with E-state index in [1.807, 2.05) is 6.07 Å². The molecule has 0 fully saturated rings. The van der Waals surface area contributed by atoms with Crippen molar-refractivity contribution in [3.8, 4) is 0 Å². The molecule has 5 nitrogen and oxygen atoms in total. The predicted octanol–water partition coefficient (Wildman–Crippen LogP) is 1.19. The van der Waals surface area contributed by atoms with Gasteiger partial charge < -0.3 is 15.5 Å². The third kappa shape index (κ3) is 4.71. The van der Waals surface area contributed by atoms with Crippen molar-refractivity contribution in [1.29, 1.82) is 0 Å². The molecule has 0 radical (unpaired) electrons. The van der Waals surface area contributed by atoms with E-state index in [1.165, 1.54) is 0 Å². The third-order valence-electron chi connectivity index (χ3n) is 2.64. The fraction of sp³-hybridized carbons (Fsp3) is 0.538. The normalized spacial score (nSPS) is 12.3. The summed E-state index contributed by atoms with van der Waals surface area (Å²) in [5.41, 5.74) is 1.36. The van der Waals surface area contributed by atoms with Crippen molar-refractivity contribution in [2.75, 3.05) is 33.0 Å². The van der Waals surface area contributed by atoms with E-state index in [0.29, 0.717) is 11.7 Å². The minimum Gasteiger partial charge on any atom is -0.382 e. The van der Waals surface area contributed by atoms with Crippen LogP contribution in [0.2, 0.25) is 0 Å². The summed E-state index contributed by atoms with van der Waals surface area (Å²) >= 11 is 0. The highest BCUT2D eigenvalue weighted by Crippen LogP contribution is 2.10. The highest BCUT2D eigenvalue weighted by molar-refractivity contribution is 5.92. The van der Waals surface area contributed by atoms with Crippen LogP contribution in [-0.2, 0) is 0 Å². The summed E-state index contributed by atoms with van der Waals surface area (Å²) in [6.45, 7) is 3.16. The molecule has 0 aliphatic heterocycles. The number of pyridine rings is 1. The summed E-state index contributed by atoms with van der Waals surface area (Å²) in [5.74, 6) is -0.167. The number of nitrogens with one attached hydrogen (secondary N) is 2. The van der Waals surface area contributed by atoms with Gasteiger partial charge in [-0.2, -0.15) is 0 Å². The Balaban J connectivity index is 2.59. The molecule has 1 unspecified atom stereocenters. The molecular formula is C13H22N4O. The molecule has 1 heterocycles. The van der Waals surface area contributed by atoms with Crippen molar-refractivity contribution < 1.29 is 4.79 Å². The maximum Gasteiger partial charge on any atom is 0.269 e. The molecule has 2 N–H and O–H groups in total. The lowest BCUT2D eigenvalue weighted by Gasteiger charge is -2.18. The Kier molecular flexibility index (Phi) is 5.58. The molecular weight excluding hydrogens is 228 g/mol. The summed E-state index contributed by atoms with van der Waals surface area (Å²) in [6.07, 6.45) is 2.69. The number of rotatable bonds is 6. The molecule has 0 aromatic carbocycles. The Morgan fingerprint density at radius 3 is 2.83 bits per heavy atom. The number of hydrogen-bond donors (Lipinski definition) is 2. The van der Waals surface area contributed by atoms with Gasteiger partial charge in [-0.05, 0) is 46.1 Å². The first-order valence-corrected chi connectivity index (χ1v) is 6.12. The number of anilines is 1. The quantitative estimate of drug-likeness (QED) is 0.796. The molecule has 1 aromatic rings. The van der Waals surface area contributed by atoms with Crippen molar-refractivity contribution in [2.45, 2.75) is 19.4 Å². The maximum atomic E-state index is 11.5. The Morgan fingerprint density at radius 2 is 2.22 bits per heavy atom. The zero-order chi connectivity index (χ0) is 13.5. The maximum absolute atomic E-state index is 11.5. The SMILES string of the molecule is CNC(=O)c1cc(NC(C)CCN(C)C)ccn1. The first-order valence-electron chi connectivity index (χ1n) is 6.12. The second-order valence-corrected chi connectivity index (χ2v) is 4.65. The Hall–Kier alpha value is -1.62. The van der Waals surface area contributed by atoms with Gasteiger partial charge in [-0.1, -0.05) is 0 Å². The van der Waals surface area contributed by atoms with Gasteiger partial charge >= 0.3 is 0 Å². The molecule has 0 saturated heterocycles. The predicted molar refractivity (Wildman–Crippen MR) is 73.9 cm³/mol. The number of nitrogens with zero attached hydrogens (tertiary/aromatic N) is 2. The molecule has 1 aromatic heterocycles. The van der Waals surface area contributed by atoms with Crippen molar-refractivity contribution >= 4 is 11.6 Å². The summed E-state index contributed by atoms with van der Waals surface area (Å²) < 4.78 is 0. The van der Waals surface area contributed by atoms with Gasteiger partial charge in [-0.25, -0.2) is 0 Å². The zero-order valence-electron chi connectivity index (χ0n) is 11.5. The topological polar surface area (TPSA) is 57.3 Å². The molecule has 5 heteroatoms. The Morgan fingerprint density at radius 1 is 1.50 bits per heavy atom. The average Bonchev–Trinajstić information content (AvgIpc) is 2.35. The van der Waals surface area contributed by atoms with Crippen LogP contribution in [0, 0.1) is 0 Å². The molecule has 0 bridgehead atoms. The van der Waals surface area contributed by atoms with E-state index in [2.05, 4.69) is 41.5 Å². The molecule has 0 aliphatic rings. The number of amides is 1. The van der Waals surface area contributed by atoms with Crippen LogP contribution in [0.3, 0.4) is 0 Å². The molecule has 1 amide bonds. The highest BCUT2D eigenvalue weighted by Gasteiger charge is 2.07. The highest BCUT2D eigenvalue weighted by atomic mass is 16.1. The van der Waals surface area contributed by atoms with E-state index in [9.17, 15) is 4.79 Å². The van der Waals surface area contributed by atoms with E-state index in [4.69, 9.17) is 0 Å². The van der Waals surface area contributed by atoms with Gasteiger partial charge in [0.2, 0.25) is 0 Å². The van der Waals surface area contributed by atoms with Gasteiger partial charge in [0, 0.05) is 25.0 Å². The van der Waals surface area contributed by atoms with Crippen molar-refractivity contribution in [1.82, 2.24) is 15.2 Å². The number of carbonyl (C=O) groups excluding carboxylic acids is 1. The van der Waals surface area contributed by atoms with Crippen LogP contribution in [0.4, 0.5) is 5.69 Å². The van der Waals surface area contributed by atoms with Crippen LogP contribution in [0.5, 0.6) is 0 Å². The van der Waals surface area contributed by atoms with Crippen LogP contribution in [0.15, 0.2) is 18.3 Å². The molecule has 1 atom stereocenters. The Bertz CT molecular complexity index is 392. The first kappa shape index (κ1) is 14.4. The minimum absolute atomic E-state index is 0.167. The van der Waals surface area contributed by atoms with Crippen LogP contribution in [-0.4, -0.2) is 49.5 Å². The molecule has 100 valence electrons. The average molecular weight is 250 g/mol. The van der Waals surface area contributed by atoms with E-state index < -0.39 is 0 Å². The van der Waals surface area contributed by atoms with Gasteiger partial charge in [0.15, 0.2) is 0 Å². The smallest absolute Gasteiger partial charge is 0.269 e. The zero-order valence-corrected chi connectivity index (χ0v) is 11.5. The fourth-order valence-electron chi connectivity index (χ4n) is 1.58. The largest absolute Gasteiger partial charge is 0.382 e. The first-order chi connectivity index (χ1) is 8.52. The number of aromatic nitrogens is 1. The van der Waals surface area contributed by atoms with Crippen LogP contribution in [0.1, 0.15) is 23.8 Å². The van der Waals surface area contributed by atoms with Crippen LogP contribution in [0.25, 0.3) is 0 Å². The standard InChI is InChI=1S/C13H22N4O/c1-10(6-8-17(3)4)16-11-5-7-15-12(9-11)13(18)14-2/h5,7,9-10H,6,8H2,1-4H3,(H,14,18)(H,15,16). The summed E-state index contributed by atoms with van der Waals surface area (Å²) in [5, 5.41) is 5.94. The van der Waals surface area contributed by atoms with Crippen molar-refractivity contribution in [3.63, 3.8) is 0 Å². The van der Waals surface area contributed by atoms with Gasteiger partial charge in [0.1, 0.15) is 5.69 Å². The van der Waals surface area contributed by atoms with E-state index in [1.54, 1.807) is 19.3 Å². The van der Waals surface area contributed by atoms with Crippen LogP contribution >= 0.6 is 0 Å². The van der Waals surface area contributed by atoms with E-state index in [0.717, 1.165) is 18.7 Å². The van der Waals surface area contributed by atoms with Crippen molar-refractivity contribution in [3.05, 3.63) is 24.0 Å². The minimum atomic E-state index is -0.167. The summed E-state index contributed by atoms with van der Waals surface area (Å²) in [6, 6.07) is 4.00. The molecule has 0 spiro atoms. The molecule has 0 saturated carbocycles. The number of hydrogen-bond acceptors (Lipinski definition) is 4. The van der Waals surface area contributed by atoms with Crippen molar-refractivity contribution in [2.24, 2.45) is 0 Å². The van der Waals surface area contributed by atoms with Gasteiger partial charge in [-0.3, -0.25) is 9.78 Å². The second kappa shape index (κ2) is 6.96.